The maximum absolute atomic E-state index is 6.00. The number of nitrogens with zero attached hydrogens (tertiary/aromatic N) is 6. The number of halogens is 1. The van der Waals surface area contributed by atoms with Crippen LogP contribution in [0.4, 0.5) is 0 Å². The molecule has 0 aliphatic rings. The molecular weight excluding hydrogens is 354 g/mol. The average molecular weight is 374 g/mol. The van der Waals surface area contributed by atoms with Gasteiger partial charge in [0.15, 0.2) is 5.96 Å². The van der Waals surface area contributed by atoms with Crippen LogP contribution in [0, 0.1) is 0 Å². The van der Waals surface area contributed by atoms with Crippen molar-refractivity contribution >= 4 is 17.6 Å². The van der Waals surface area contributed by atoms with Gasteiger partial charge in [-0.2, -0.15) is 10.1 Å². The molecule has 0 aliphatic heterocycles. The van der Waals surface area contributed by atoms with E-state index >= 15 is 0 Å². The third-order valence-corrected chi connectivity index (χ3v) is 3.94. The molecule has 0 saturated carbocycles. The van der Waals surface area contributed by atoms with E-state index in [0.717, 1.165) is 17.1 Å². The lowest BCUT2D eigenvalue weighted by atomic mass is 10.2. The summed E-state index contributed by atoms with van der Waals surface area (Å²) in [7, 11) is 5.57. The molecule has 26 heavy (non-hydrogen) atoms. The Hall–Kier alpha value is -2.87. The molecule has 8 nitrogen and oxygen atoms in total. The highest BCUT2D eigenvalue weighted by Gasteiger charge is 2.12. The second-order valence-electron chi connectivity index (χ2n) is 5.80. The van der Waals surface area contributed by atoms with E-state index in [9.17, 15) is 0 Å². The first-order valence-electron chi connectivity index (χ1n) is 8.03. The number of guanidine groups is 1. The Morgan fingerprint density at radius 2 is 2.27 bits per heavy atom. The lowest BCUT2D eigenvalue weighted by Gasteiger charge is -2.20. The van der Waals surface area contributed by atoms with Crippen LogP contribution in [0.3, 0.4) is 0 Å². The lowest BCUT2D eigenvalue weighted by molar-refractivity contribution is 0.371. The summed E-state index contributed by atoms with van der Waals surface area (Å²) in [6.07, 6.45) is 3.80. The van der Waals surface area contributed by atoms with Gasteiger partial charge in [0.1, 0.15) is 0 Å². The molecule has 2 heterocycles. The molecule has 2 aromatic heterocycles. The SMILES string of the molecule is CN=C(NCc1nc(-c2cccc(Cl)c2)no1)N(C)Cc1cnn(C)c1. The highest BCUT2D eigenvalue weighted by Crippen LogP contribution is 2.19. The van der Waals surface area contributed by atoms with Gasteiger partial charge in [0.05, 0.1) is 12.7 Å². The Bertz CT molecular complexity index is 902. The van der Waals surface area contributed by atoms with Crippen molar-refractivity contribution in [3.05, 3.63) is 53.1 Å². The molecule has 0 saturated heterocycles. The van der Waals surface area contributed by atoms with Gasteiger partial charge in [0.2, 0.25) is 11.7 Å². The van der Waals surface area contributed by atoms with E-state index in [1.54, 1.807) is 23.9 Å². The predicted octanol–water partition coefficient (Wildman–Crippen LogP) is 2.33. The molecule has 9 heteroatoms. The van der Waals surface area contributed by atoms with Gasteiger partial charge in [-0.1, -0.05) is 28.9 Å². The molecule has 1 aromatic carbocycles. The van der Waals surface area contributed by atoms with Crippen molar-refractivity contribution < 1.29 is 4.52 Å². The molecular formula is C17H20ClN7O. The Morgan fingerprint density at radius 1 is 1.42 bits per heavy atom. The molecule has 0 atom stereocenters. The van der Waals surface area contributed by atoms with Crippen molar-refractivity contribution in [2.45, 2.75) is 13.1 Å². The first-order chi connectivity index (χ1) is 12.5. The number of hydrogen-bond donors (Lipinski definition) is 1. The molecule has 3 aromatic rings. The van der Waals surface area contributed by atoms with Crippen molar-refractivity contribution in [2.24, 2.45) is 12.0 Å². The summed E-state index contributed by atoms with van der Waals surface area (Å²) in [5, 5.41) is 12.0. The van der Waals surface area contributed by atoms with Gasteiger partial charge in [-0.3, -0.25) is 9.67 Å². The van der Waals surface area contributed by atoms with Crippen LogP contribution in [0.15, 0.2) is 46.2 Å². The summed E-state index contributed by atoms with van der Waals surface area (Å²) in [6.45, 7) is 1.06. The summed E-state index contributed by atoms with van der Waals surface area (Å²) in [6, 6.07) is 7.33. The Labute approximate surface area is 156 Å². The maximum atomic E-state index is 6.00. The van der Waals surface area contributed by atoms with Crippen molar-refractivity contribution in [2.75, 3.05) is 14.1 Å². The minimum atomic E-state index is 0.373. The molecule has 0 amide bonds. The monoisotopic (exact) mass is 373 g/mol. The van der Waals surface area contributed by atoms with Crippen LogP contribution in [0.5, 0.6) is 0 Å². The van der Waals surface area contributed by atoms with Crippen molar-refractivity contribution in [1.29, 1.82) is 0 Å². The Balaban J connectivity index is 1.60. The van der Waals surface area contributed by atoms with Crippen molar-refractivity contribution in [3.8, 4) is 11.4 Å². The molecule has 0 spiro atoms. The number of benzene rings is 1. The third-order valence-electron chi connectivity index (χ3n) is 3.70. The number of aromatic nitrogens is 4. The molecule has 0 fully saturated rings. The second-order valence-corrected chi connectivity index (χ2v) is 6.24. The topological polar surface area (TPSA) is 84.4 Å². The van der Waals surface area contributed by atoms with E-state index in [2.05, 4.69) is 25.5 Å². The summed E-state index contributed by atoms with van der Waals surface area (Å²) in [5.41, 5.74) is 1.91. The quantitative estimate of drug-likeness (QED) is 0.545. The van der Waals surface area contributed by atoms with Gasteiger partial charge in [-0.25, -0.2) is 0 Å². The van der Waals surface area contributed by atoms with Gasteiger partial charge in [0, 0.05) is 50.0 Å². The minimum Gasteiger partial charge on any atom is -0.347 e. The van der Waals surface area contributed by atoms with E-state index in [1.165, 1.54) is 0 Å². The Kier molecular flexibility index (Phi) is 5.52. The van der Waals surface area contributed by atoms with Gasteiger partial charge < -0.3 is 14.7 Å². The van der Waals surface area contributed by atoms with Crippen LogP contribution in [0.25, 0.3) is 11.4 Å². The third kappa shape index (κ3) is 4.40. The van der Waals surface area contributed by atoms with E-state index in [0.29, 0.717) is 29.8 Å². The summed E-state index contributed by atoms with van der Waals surface area (Å²) in [5.74, 6) is 1.69. The van der Waals surface area contributed by atoms with Gasteiger partial charge in [-0.15, -0.1) is 0 Å². The Morgan fingerprint density at radius 3 is 2.96 bits per heavy atom. The molecule has 0 bridgehead atoms. The fraction of sp³-hybridized carbons (Fsp3) is 0.294. The molecule has 136 valence electrons. The highest BCUT2D eigenvalue weighted by molar-refractivity contribution is 6.30. The maximum Gasteiger partial charge on any atom is 0.246 e. The predicted molar refractivity (Wildman–Crippen MR) is 99.6 cm³/mol. The van der Waals surface area contributed by atoms with Crippen LogP contribution in [0.2, 0.25) is 5.02 Å². The zero-order valence-corrected chi connectivity index (χ0v) is 15.6. The fourth-order valence-corrected chi connectivity index (χ4v) is 2.70. The minimum absolute atomic E-state index is 0.373. The standard InChI is InChI=1S/C17H20ClN7O/c1-19-17(24(2)10-12-8-21-25(3)11-12)20-9-15-22-16(23-26-15)13-5-4-6-14(18)7-13/h4-8,11H,9-10H2,1-3H3,(H,19,20). The van der Waals surface area contributed by atoms with Gasteiger partial charge >= 0.3 is 0 Å². The van der Waals surface area contributed by atoms with Crippen LogP contribution < -0.4 is 5.32 Å². The first-order valence-corrected chi connectivity index (χ1v) is 8.41. The smallest absolute Gasteiger partial charge is 0.246 e. The highest BCUT2D eigenvalue weighted by atomic mass is 35.5. The van der Waals surface area contributed by atoms with E-state index < -0.39 is 0 Å². The van der Waals surface area contributed by atoms with Crippen molar-refractivity contribution in [3.63, 3.8) is 0 Å². The normalized spacial score (nSPS) is 11.6. The second kappa shape index (κ2) is 8.01. The molecule has 0 unspecified atom stereocenters. The van der Waals surface area contributed by atoms with Crippen LogP contribution in [-0.4, -0.2) is 44.9 Å². The molecule has 0 aliphatic carbocycles. The molecule has 1 N–H and O–H groups in total. The van der Waals surface area contributed by atoms with E-state index in [4.69, 9.17) is 16.1 Å². The lowest BCUT2D eigenvalue weighted by Crippen LogP contribution is -2.38. The number of aliphatic imine (C=N–C) groups is 1. The van der Waals surface area contributed by atoms with Crippen LogP contribution in [-0.2, 0) is 20.1 Å². The van der Waals surface area contributed by atoms with Gasteiger partial charge in [-0.05, 0) is 12.1 Å². The molecule has 0 radical (unpaired) electrons. The number of nitrogens with one attached hydrogen (secondary N) is 1. The fourth-order valence-electron chi connectivity index (χ4n) is 2.51. The van der Waals surface area contributed by atoms with Crippen LogP contribution >= 0.6 is 11.6 Å². The van der Waals surface area contributed by atoms with E-state index in [1.807, 2.05) is 43.5 Å². The summed E-state index contributed by atoms with van der Waals surface area (Å²) in [4.78, 5) is 10.7. The average Bonchev–Trinajstić information content (AvgIpc) is 3.24. The molecule has 3 rings (SSSR count). The van der Waals surface area contributed by atoms with Gasteiger partial charge in [0.25, 0.3) is 0 Å². The van der Waals surface area contributed by atoms with E-state index in [-0.39, 0.29) is 0 Å². The summed E-state index contributed by atoms with van der Waals surface area (Å²) >= 11 is 6.00. The van der Waals surface area contributed by atoms with Crippen molar-refractivity contribution in [1.82, 2.24) is 30.1 Å². The number of aryl methyl sites for hydroxylation is 1. The summed E-state index contributed by atoms with van der Waals surface area (Å²) < 4.78 is 7.07. The zero-order chi connectivity index (χ0) is 18.5. The number of rotatable bonds is 5. The largest absolute Gasteiger partial charge is 0.347 e. The zero-order valence-electron chi connectivity index (χ0n) is 14.8. The van der Waals surface area contributed by atoms with Crippen LogP contribution in [0.1, 0.15) is 11.5 Å². The number of hydrogen-bond acceptors (Lipinski definition) is 5. The first kappa shape index (κ1) is 17.9.